The third kappa shape index (κ3) is 3.88. The van der Waals surface area contributed by atoms with Gasteiger partial charge < -0.3 is 24.3 Å². The van der Waals surface area contributed by atoms with Crippen molar-refractivity contribution in [2.24, 2.45) is 4.99 Å². The van der Waals surface area contributed by atoms with Crippen LogP contribution >= 0.6 is 0 Å². The van der Waals surface area contributed by atoms with Gasteiger partial charge in [-0.1, -0.05) is 12.1 Å². The third-order valence-corrected chi connectivity index (χ3v) is 5.05. The van der Waals surface area contributed by atoms with Crippen LogP contribution in [0.1, 0.15) is 5.69 Å². The van der Waals surface area contributed by atoms with Gasteiger partial charge in [0.2, 0.25) is 0 Å². The predicted octanol–water partition coefficient (Wildman–Crippen LogP) is 2.24. The third-order valence-electron chi connectivity index (χ3n) is 5.05. The second-order valence-corrected chi connectivity index (χ2v) is 6.77. The molecule has 1 N–H and O–H groups in total. The molecule has 0 spiro atoms. The molecular weight excluding hydrogens is 352 g/mol. The minimum absolute atomic E-state index is 0.657. The normalized spacial score (nSPS) is 15.1. The molecule has 1 fully saturated rings. The molecular formula is C21H26N6O. The lowest BCUT2D eigenvalue weighted by Crippen LogP contribution is -2.52. The van der Waals surface area contributed by atoms with E-state index in [9.17, 15) is 0 Å². The number of anilines is 1. The Hall–Kier alpha value is -3.22. The van der Waals surface area contributed by atoms with Crippen LogP contribution in [0, 0.1) is 0 Å². The van der Waals surface area contributed by atoms with E-state index < -0.39 is 0 Å². The largest absolute Gasteiger partial charge is 0.497 e. The monoisotopic (exact) mass is 378 g/mol. The van der Waals surface area contributed by atoms with Gasteiger partial charge in [-0.25, -0.2) is 4.98 Å². The molecule has 0 saturated carbocycles. The summed E-state index contributed by atoms with van der Waals surface area (Å²) in [7, 11) is 3.54. The van der Waals surface area contributed by atoms with E-state index in [2.05, 4.69) is 43.4 Å². The molecule has 4 rings (SSSR count). The Morgan fingerprint density at radius 2 is 2.00 bits per heavy atom. The standard InChI is InChI=1S/C21H26N6O/c1-22-21(23-15-17-16-27-9-4-3-8-20(27)24-17)26-12-10-25(11-13-26)18-6-5-7-19(14-18)28-2/h3-9,14,16H,10-13,15H2,1-2H3,(H,22,23). The molecule has 0 bridgehead atoms. The number of imidazole rings is 1. The van der Waals surface area contributed by atoms with Crippen molar-refractivity contribution in [1.29, 1.82) is 0 Å². The Kier molecular flexibility index (Phi) is 5.32. The summed E-state index contributed by atoms with van der Waals surface area (Å²) in [5, 5.41) is 3.45. The van der Waals surface area contributed by atoms with Gasteiger partial charge in [-0.15, -0.1) is 0 Å². The van der Waals surface area contributed by atoms with E-state index in [4.69, 9.17) is 4.74 Å². The van der Waals surface area contributed by atoms with Crippen LogP contribution < -0.4 is 15.0 Å². The van der Waals surface area contributed by atoms with Crippen LogP contribution in [0.2, 0.25) is 0 Å². The fourth-order valence-electron chi connectivity index (χ4n) is 3.56. The molecule has 1 aromatic carbocycles. The molecule has 0 radical (unpaired) electrons. The highest BCUT2D eigenvalue weighted by atomic mass is 16.5. The number of hydrogen-bond acceptors (Lipinski definition) is 4. The van der Waals surface area contributed by atoms with Crippen LogP contribution in [0.5, 0.6) is 5.75 Å². The Balaban J connectivity index is 1.34. The zero-order valence-electron chi connectivity index (χ0n) is 16.4. The summed E-state index contributed by atoms with van der Waals surface area (Å²) >= 11 is 0. The molecule has 0 unspecified atom stereocenters. The van der Waals surface area contributed by atoms with Gasteiger partial charge in [0.05, 0.1) is 19.3 Å². The molecule has 0 amide bonds. The molecule has 0 atom stereocenters. The average molecular weight is 378 g/mol. The van der Waals surface area contributed by atoms with Gasteiger partial charge in [-0.05, 0) is 24.3 Å². The minimum Gasteiger partial charge on any atom is -0.497 e. The van der Waals surface area contributed by atoms with E-state index in [-0.39, 0.29) is 0 Å². The molecule has 146 valence electrons. The molecule has 1 aliphatic rings. The second kappa shape index (κ2) is 8.21. The molecule has 2 aromatic heterocycles. The molecule has 3 heterocycles. The highest BCUT2D eigenvalue weighted by Crippen LogP contribution is 2.22. The molecule has 1 saturated heterocycles. The van der Waals surface area contributed by atoms with Crippen molar-refractivity contribution in [3.63, 3.8) is 0 Å². The van der Waals surface area contributed by atoms with Crippen molar-refractivity contribution in [1.82, 2.24) is 19.6 Å². The van der Waals surface area contributed by atoms with Crippen LogP contribution in [0.15, 0.2) is 59.9 Å². The van der Waals surface area contributed by atoms with Crippen LogP contribution in [-0.4, -0.2) is 60.6 Å². The number of guanidine groups is 1. The number of hydrogen-bond donors (Lipinski definition) is 1. The van der Waals surface area contributed by atoms with Gasteiger partial charge in [0.15, 0.2) is 5.96 Å². The number of aromatic nitrogens is 2. The number of fused-ring (bicyclic) bond motifs is 1. The molecule has 0 aliphatic carbocycles. The average Bonchev–Trinajstić information content (AvgIpc) is 3.17. The van der Waals surface area contributed by atoms with Gasteiger partial charge in [-0.2, -0.15) is 0 Å². The number of nitrogens with zero attached hydrogens (tertiary/aromatic N) is 5. The quantitative estimate of drug-likeness (QED) is 0.557. The van der Waals surface area contributed by atoms with Gasteiger partial charge in [-0.3, -0.25) is 4.99 Å². The zero-order chi connectivity index (χ0) is 19.3. The lowest BCUT2D eigenvalue weighted by Gasteiger charge is -2.37. The van der Waals surface area contributed by atoms with E-state index in [0.717, 1.165) is 49.2 Å². The van der Waals surface area contributed by atoms with Crippen LogP contribution in [0.3, 0.4) is 0 Å². The summed E-state index contributed by atoms with van der Waals surface area (Å²) in [6, 6.07) is 14.3. The summed E-state index contributed by atoms with van der Waals surface area (Å²) in [5.74, 6) is 1.81. The summed E-state index contributed by atoms with van der Waals surface area (Å²) in [6.07, 6.45) is 4.06. The number of benzene rings is 1. The Morgan fingerprint density at radius 1 is 1.14 bits per heavy atom. The van der Waals surface area contributed by atoms with E-state index in [1.807, 2.05) is 48.0 Å². The highest BCUT2D eigenvalue weighted by Gasteiger charge is 2.20. The van der Waals surface area contributed by atoms with E-state index in [0.29, 0.717) is 6.54 Å². The van der Waals surface area contributed by atoms with Gasteiger partial charge in [0.1, 0.15) is 11.4 Å². The molecule has 28 heavy (non-hydrogen) atoms. The Bertz CT molecular complexity index is 925. The van der Waals surface area contributed by atoms with E-state index in [1.54, 1.807) is 7.11 Å². The highest BCUT2D eigenvalue weighted by molar-refractivity contribution is 5.80. The maximum atomic E-state index is 5.34. The van der Waals surface area contributed by atoms with Crippen LogP contribution in [0.4, 0.5) is 5.69 Å². The number of methoxy groups -OCH3 is 1. The molecule has 3 aromatic rings. The van der Waals surface area contributed by atoms with Crippen molar-refractivity contribution in [2.75, 3.05) is 45.2 Å². The smallest absolute Gasteiger partial charge is 0.194 e. The summed E-state index contributed by atoms with van der Waals surface area (Å²) in [5.41, 5.74) is 3.16. The number of ether oxygens (including phenoxy) is 1. The lowest BCUT2D eigenvalue weighted by atomic mass is 10.2. The topological polar surface area (TPSA) is 57.4 Å². The van der Waals surface area contributed by atoms with Crippen molar-refractivity contribution in [3.8, 4) is 5.75 Å². The first-order valence-corrected chi connectivity index (χ1v) is 9.54. The maximum absolute atomic E-state index is 5.34. The second-order valence-electron chi connectivity index (χ2n) is 6.77. The summed E-state index contributed by atoms with van der Waals surface area (Å²) in [6.45, 7) is 4.39. The first kappa shape index (κ1) is 18.2. The number of pyridine rings is 1. The number of rotatable bonds is 4. The Labute approximate surface area is 165 Å². The minimum atomic E-state index is 0.657. The fourth-order valence-corrected chi connectivity index (χ4v) is 3.56. The first-order chi connectivity index (χ1) is 13.8. The van der Waals surface area contributed by atoms with E-state index >= 15 is 0 Å². The SMILES string of the molecule is CN=C(NCc1cn2ccccc2n1)N1CCN(c2cccc(OC)c2)CC1. The van der Waals surface area contributed by atoms with E-state index in [1.165, 1.54) is 5.69 Å². The molecule has 7 nitrogen and oxygen atoms in total. The number of nitrogens with one attached hydrogen (secondary N) is 1. The number of aliphatic imine (C=N–C) groups is 1. The Morgan fingerprint density at radius 3 is 2.75 bits per heavy atom. The summed E-state index contributed by atoms with van der Waals surface area (Å²) < 4.78 is 7.38. The maximum Gasteiger partial charge on any atom is 0.194 e. The first-order valence-electron chi connectivity index (χ1n) is 9.54. The van der Waals surface area contributed by atoms with Crippen LogP contribution in [-0.2, 0) is 6.54 Å². The fraction of sp³-hybridized carbons (Fsp3) is 0.333. The van der Waals surface area contributed by atoms with Gasteiger partial charge in [0, 0.05) is 57.4 Å². The zero-order valence-corrected chi connectivity index (χ0v) is 16.4. The molecule has 7 heteroatoms. The number of piperazine rings is 1. The predicted molar refractivity (Wildman–Crippen MR) is 112 cm³/mol. The van der Waals surface area contributed by atoms with Crippen LogP contribution in [0.25, 0.3) is 5.65 Å². The van der Waals surface area contributed by atoms with Crippen molar-refractivity contribution < 1.29 is 4.74 Å². The van der Waals surface area contributed by atoms with Crippen molar-refractivity contribution in [3.05, 3.63) is 60.6 Å². The van der Waals surface area contributed by atoms with Gasteiger partial charge >= 0.3 is 0 Å². The summed E-state index contributed by atoms with van der Waals surface area (Å²) in [4.78, 5) is 13.8. The van der Waals surface area contributed by atoms with Gasteiger partial charge in [0.25, 0.3) is 0 Å². The lowest BCUT2D eigenvalue weighted by molar-refractivity contribution is 0.371. The van der Waals surface area contributed by atoms with Crippen molar-refractivity contribution in [2.45, 2.75) is 6.54 Å². The molecule has 1 aliphatic heterocycles. The van der Waals surface area contributed by atoms with Crippen molar-refractivity contribution >= 4 is 17.3 Å².